The Kier molecular flexibility index (Phi) is 11.1. The Morgan fingerprint density at radius 2 is 1.66 bits per heavy atom. The molecule has 3 aliphatic rings. The van der Waals surface area contributed by atoms with Gasteiger partial charge in [0.15, 0.2) is 6.10 Å². The molecular formula is C26H41N3O8S. The highest BCUT2D eigenvalue weighted by Crippen LogP contribution is 2.43. The number of piperidine rings is 1. The number of fused-ring (bicyclic) bond motifs is 2. The molecule has 11 nitrogen and oxygen atoms in total. The monoisotopic (exact) mass is 555 g/mol. The van der Waals surface area contributed by atoms with Gasteiger partial charge in [0, 0.05) is 37.3 Å². The Morgan fingerprint density at radius 3 is 2.21 bits per heavy atom. The minimum atomic E-state index is -4.67. The molecule has 2 saturated heterocycles. The molecule has 38 heavy (non-hydrogen) atoms. The lowest BCUT2D eigenvalue weighted by atomic mass is 9.84. The summed E-state index contributed by atoms with van der Waals surface area (Å²) >= 11 is 0. The van der Waals surface area contributed by atoms with Crippen LogP contribution in [0.15, 0.2) is 24.3 Å². The van der Waals surface area contributed by atoms with Gasteiger partial charge in [-0.25, -0.2) is 0 Å². The van der Waals surface area contributed by atoms with Gasteiger partial charge in [-0.15, -0.1) is 0 Å². The fraction of sp³-hybridized carbons (Fsp3) is 0.692. The Morgan fingerprint density at radius 1 is 1.05 bits per heavy atom. The van der Waals surface area contributed by atoms with Crippen molar-refractivity contribution in [2.24, 2.45) is 11.7 Å². The van der Waals surface area contributed by atoms with Crippen LogP contribution in [-0.2, 0) is 15.2 Å². The molecule has 0 spiro atoms. The standard InChI is InChI=1S/C26H39N3O4.H2O4S/c27-25(32)20-8-4-7-19(13-20)21-14-22-9-10-23(15-21)29(22)12-11-28(26(33)24(31)17-30)16-18-5-2-1-3-6-18;1-5(2,3)4/h4,7-8,13,18,21-24,30-31H,1-3,5-6,9-12,14-17H2,(H2,27,32);(H2,1,2,3,4)/t21-,22+,23-,24?;. The molecule has 1 aromatic rings. The smallest absolute Gasteiger partial charge is 0.393 e. The molecule has 1 saturated carbocycles. The molecule has 6 N–H and O–H groups in total. The predicted molar refractivity (Wildman–Crippen MR) is 141 cm³/mol. The first kappa shape index (κ1) is 30.5. The van der Waals surface area contributed by atoms with Crippen LogP contribution in [0.5, 0.6) is 0 Å². The number of amides is 2. The van der Waals surface area contributed by atoms with Gasteiger partial charge in [0.25, 0.3) is 5.91 Å². The lowest BCUT2D eigenvalue weighted by Crippen LogP contribution is -2.50. The van der Waals surface area contributed by atoms with Gasteiger partial charge in [-0.3, -0.25) is 23.6 Å². The van der Waals surface area contributed by atoms with E-state index in [9.17, 15) is 19.8 Å². The quantitative estimate of drug-likeness (QED) is 0.283. The second-order valence-corrected chi connectivity index (χ2v) is 11.6. The lowest BCUT2D eigenvalue weighted by molar-refractivity contribution is -0.143. The van der Waals surface area contributed by atoms with Crippen LogP contribution in [0.1, 0.15) is 79.6 Å². The maximum absolute atomic E-state index is 12.8. The SMILES string of the molecule is NC(=O)c1cccc([C@H]2C[C@H]3CC[C@@H](C2)N3CCN(CC2CCCCC2)C(=O)C(O)CO)c1.O=S(=O)(O)O. The maximum Gasteiger partial charge on any atom is 0.394 e. The van der Waals surface area contributed by atoms with Gasteiger partial charge >= 0.3 is 10.4 Å². The number of aliphatic hydroxyl groups excluding tert-OH is 2. The van der Waals surface area contributed by atoms with Gasteiger partial charge in [0.2, 0.25) is 5.91 Å². The van der Waals surface area contributed by atoms with Crippen LogP contribution in [0.3, 0.4) is 0 Å². The van der Waals surface area contributed by atoms with Crippen molar-refractivity contribution in [1.82, 2.24) is 9.80 Å². The third-order valence-electron chi connectivity index (χ3n) is 8.13. The summed E-state index contributed by atoms with van der Waals surface area (Å²) in [5.74, 6) is 0.196. The number of hydrogen-bond donors (Lipinski definition) is 5. The number of aliphatic hydroxyl groups is 2. The lowest BCUT2D eigenvalue weighted by Gasteiger charge is -2.40. The maximum atomic E-state index is 12.8. The first-order chi connectivity index (χ1) is 18.0. The Labute approximate surface area is 224 Å². The van der Waals surface area contributed by atoms with Gasteiger partial charge in [0.1, 0.15) is 0 Å². The van der Waals surface area contributed by atoms with Crippen LogP contribution in [0.4, 0.5) is 0 Å². The normalized spacial score (nSPS) is 24.8. The molecule has 1 unspecified atom stereocenters. The van der Waals surface area contributed by atoms with Crippen molar-refractivity contribution in [3.8, 4) is 0 Å². The van der Waals surface area contributed by atoms with E-state index in [1.807, 2.05) is 12.1 Å². The molecule has 0 radical (unpaired) electrons. The molecule has 4 atom stereocenters. The number of hydrogen-bond acceptors (Lipinski definition) is 7. The van der Waals surface area contributed by atoms with Gasteiger partial charge in [-0.1, -0.05) is 31.4 Å². The molecule has 3 fully saturated rings. The largest absolute Gasteiger partial charge is 0.394 e. The van der Waals surface area contributed by atoms with E-state index in [0.717, 1.165) is 45.1 Å². The van der Waals surface area contributed by atoms with Crippen molar-refractivity contribution in [3.63, 3.8) is 0 Å². The number of nitrogens with zero attached hydrogens (tertiary/aromatic N) is 2. The van der Waals surface area contributed by atoms with Gasteiger partial charge in [-0.2, -0.15) is 8.42 Å². The average Bonchev–Trinajstić information content (AvgIpc) is 3.11. The summed E-state index contributed by atoms with van der Waals surface area (Å²) in [6.45, 7) is 1.56. The van der Waals surface area contributed by atoms with E-state index in [1.54, 1.807) is 11.0 Å². The zero-order chi connectivity index (χ0) is 27.9. The molecule has 4 rings (SSSR count). The van der Waals surface area contributed by atoms with Crippen LogP contribution >= 0.6 is 0 Å². The number of primary amides is 1. The molecule has 2 heterocycles. The fourth-order valence-electron chi connectivity index (χ4n) is 6.36. The van der Waals surface area contributed by atoms with Crippen molar-refractivity contribution in [2.45, 2.75) is 81.9 Å². The highest BCUT2D eigenvalue weighted by atomic mass is 32.3. The molecule has 1 aliphatic carbocycles. The summed E-state index contributed by atoms with van der Waals surface area (Å²) in [5.41, 5.74) is 7.25. The second kappa shape index (κ2) is 13.8. The molecular weight excluding hydrogens is 514 g/mol. The molecule has 214 valence electrons. The number of rotatable bonds is 9. The minimum absolute atomic E-state index is 0.339. The second-order valence-electron chi connectivity index (χ2n) is 10.7. The van der Waals surface area contributed by atoms with Gasteiger partial charge < -0.3 is 20.8 Å². The van der Waals surface area contributed by atoms with E-state index in [1.165, 1.54) is 24.8 Å². The van der Waals surface area contributed by atoms with Crippen LogP contribution in [0, 0.1) is 5.92 Å². The topological polar surface area (TPSA) is 182 Å². The van der Waals surface area contributed by atoms with Crippen LogP contribution < -0.4 is 5.73 Å². The molecule has 1 aromatic carbocycles. The molecule has 2 bridgehead atoms. The summed E-state index contributed by atoms with van der Waals surface area (Å²) in [6, 6.07) is 8.69. The van der Waals surface area contributed by atoms with E-state index < -0.39 is 23.1 Å². The minimum Gasteiger partial charge on any atom is -0.393 e. The molecule has 2 amide bonds. The van der Waals surface area contributed by atoms with Crippen molar-refractivity contribution >= 4 is 22.2 Å². The number of nitrogens with two attached hydrogens (primary N) is 1. The van der Waals surface area contributed by atoms with E-state index in [2.05, 4.69) is 11.0 Å². The van der Waals surface area contributed by atoms with E-state index >= 15 is 0 Å². The predicted octanol–water partition coefficient (Wildman–Crippen LogP) is 1.61. The highest BCUT2D eigenvalue weighted by molar-refractivity contribution is 7.79. The summed E-state index contributed by atoms with van der Waals surface area (Å²) in [5, 5.41) is 19.3. The first-order valence-corrected chi connectivity index (χ1v) is 14.8. The number of benzene rings is 1. The van der Waals surface area contributed by atoms with E-state index in [0.29, 0.717) is 42.6 Å². The summed E-state index contributed by atoms with van der Waals surface area (Å²) in [7, 11) is -4.67. The van der Waals surface area contributed by atoms with E-state index in [-0.39, 0.29) is 11.8 Å². The molecule has 2 aliphatic heterocycles. The van der Waals surface area contributed by atoms with Gasteiger partial charge in [-0.05, 0) is 68.1 Å². The molecule has 0 aromatic heterocycles. The third kappa shape index (κ3) is 8.99. The van der Waals surface area contributed by atoms with Crippen molar-refractivity contribution in [2.75, 3.05) is 26.2 Å². The molecule has 12 heteroatoms. The average molecular weight is 556 g/mol. The summed E-state index contributed by atoms with van der Waals surface area (Å²) in [6.07, 6.45) is 9.06. The van der Waals surface area contributed by atoms with E-state index in [4.69, 9.17) is 23.3 Å². The van der Waals surface area contributed by atoms with Crippen molar-refractivity contribution in [3.05, 3.63) is 35.4 Å². The Hall–Kier alpha value is -2.09. The number of carbonyl (C=O) groups is 2. The van der Waals surface area contributed by atoms with Crippen LogP contribution in [-0.4, -0.2) is 93.8 Å². The Balaban J connectivity index is 0.000000732. The van der Waals surface area contributed by atoms with Crippen molar-refractivity contribution < 1.29 is 37.3 Å². The zero-order valence-electron chi connectivity index (χ0n) is 21.7. The number of carbonyl (C=O) groups excluding carboxylic acids is 2. The van der Waals surface area contributed by atoms with Crippen molar-refractivity contribution in [1.29, 1.82) is 0 Å². The zero-order valence-corrected chi connectivity index (χ0v) is 22.5. The third-order valence-corrected chi connectivity index (χ3v) is 8.13. The first-order valence-electron chi connectivity index (χ1n) is 13.4. The van der Waals surface area contributed by atoms with Gasteiger partial charge in [0.05, 0.1) is 6.61 Å². The van der Waals surface area contributed by atoms with Crippen LogP contribution in [0.25, 0.3) is 0 Å². The fourth-order valence-corrected chi connectivity index (χ4v) is 6.36. The highest BCUT2D eigenvalue weighted by Gasteiger charge is 2.41. The summed E-state index contributed by atoms with van der Waals surface area (Å²) < 4.78 is 31.6. The van der Waals surface area contributed by atoms with Crippen LogP contribution in [0.2, 0.25) is 0 Å². The Bertz CT molecular complexity index is 1020. The summed E-state index contributed by atoms with van der Waals surface area (Å²) in [4.78, 5) is 28.7.